The smallest absolute Gasteiger partial charge is 0.143 e. The number of rotatable bonds is 2. The van der Waals surface area contributed by atoms with Gasteiger partial charge in [-0.2, -0.15) is 0 Å². The largest absolute Gasteiger partial charge is 0.359 e. The van der Waals surface area contributed by atoms with Crippen molar-refractivity contribution in [2.24, 2.45) is 0 Å². The maximum absolute atomic E-state index is 5.89. The summed E-state index contributed by atoms with van der Waals surface area (Å²) in [4.78, 5) is 3.98. The summed E-state index contributed by atoms with van der Waals surface area (Å²) >= 11 is 5.89. The molecule has 1 saturated heterocycles. The molecule has 0 spiro atoms. The van der Waals surface area contributed by atoms with Gasteiger partial charge in [0.15, 0.2) is 0 Å². The van der Waals surface area contributed by atoms with Gasteiger partial charge in [0.25, 0.3) is 0 Å². The Morgan fingerprint density at radius 3 is 2.62 bits per heavy atom. The Labute approximate surface area is 98.8 Å². The summed E-state index contributed by atoms with van der Waals surface area (Å²) in [6, 6.07) is 12.0. The molecule has 1 atom stereocenters. The van der Waals surface area contributed by atoms with Crippen molar-refractivity contribution in [2.75, 3.05) is 6.61 Å². The molecule has 3 heteroatoms. The second-order valence-corrected chi connectivity index (χ2v) is 4.21. The van der Waals surface area contributed by atoms with E-state index in [9.17, 15) is 0 Å². The fourth-order valence-electron chi connectivity index (χ4n) is 1.87. The predicted octanol–water partition coefficient (Wildman–Crippen LogP) is 2.81. The van der Waals surface area contributed by atoms with Crippen LogP contribution in [0.2, 0.25) is 5.02 Å². The molecule has 0 aliphatic carbocycles. The second-order valence-electron chi connectivity index (χ2n) is 3.80. The van der Waals surface area contributed by atoms with E-state index in [4.69, 9.17) is 16.3 Å². The molecule has 1 aliphatic rings. The van der Waals surface area contributed by atoms with E-state index >= 15 is 0 Å². The molecule has 0 amide bonds. The summed E-state index contributed by atoms with van der Waals surface area (Å²) in [7, 11) is 0. The first-order chi connectivity index (χ1) is 7.81. The topological polar surface area (TPSA) is 25.4 Å². The van der Waals surface area contributed by atoms with E-state index in [1.54, 1.807) is 6.20 Å². The van der Waals surface area contributed by atoms with Crippen molar-refractivity contribution >= 4 is 11.6 Å². The van der Waals surface area contributed by atoms with Crippen molar-refractivity contribution in [3.8, 4) is 0 Å². The van der Waals surface area contributed by atoms with Crippen LogP contribution in [0.15, 0.2) is 42.6 Å². The normalized spacial score (nSPS) is 23.1. The minimum absolute atomic E-state index is 0.340. The number of epoxide rings is 1. The van der Waals surface area contributed by atoms with Gasteiger partial charge in [-0.15, -0.1) is 0 Å². The molecule has 1 radical (unpaired) electrons. The monoisotopic (exact) mass is 230 g/mol. The number of hydrogen-bond acceptors (Lipinski definition) is 2. The molecule has 1 aromatic carbocycles. The van der Waals surface area contributed by atoms with E-state index in [0.717, 1.165) is 11.1 Å². The first-order valence-corrected chi connectivity index (χ1v) is 5.42. The van der Waals surface area contributed by atoms with Crippen LogP contribution in [0.25, 0.3) is 0 Å². The van der Waals surface area contributed by atoms with E-state index in [0.29, 0.717) is 11.6 Å². The minimum atomic E-state index is -0.340. The van der Waals surface area contributed by atoms with E-state index in [1.807, 2.05) is 24.3 Å². The average molecular weight is 231 g/mol. The Morgan fingerprint density at radius 2 is 2.00 bits per heavy atom. The number of hydrogen-bond donors (Lipinski definition) is 0. The van der Waals surface area contributed by atoms with Gasteiger partial charge in [0.1, 0.15) is 11.8 Å². The van der Waals surface area contributed by atoms with Gasteiger partial charge in [0, 0.05) is 11.8 Å². The van der Waals surface area contributed by atoms with Crippen LogP contribution in [0.3, 0.4) is 0 Å². The van der Waals surface area contributed by atoms with Crippen molar-refractivity contribution in [3.05, 3.63) is 64.9 Å². The molecule has 2 heterocycles. The Bertz CT molecular complexity index is 508. The summed E-state index contributed by atoms with van der Waals surface area (Å²) in [6.07, 6.45) is 4.44. The molecule has 1 unspecified atom stereocenters. The van der Waals surface area contributed by atoms with Crippen LogP contribution in [-0.2, 0) is 10.3 Å². The third-order valence-electron chi connectivity index (χ3n) is 2.80. The van der Waals surface area contributed by atoms with Crippen molar-refractivity contribution in [1.82, 2.24) is 4.98 Å². The Morgan fingerprint density at radius 1 is 1.25 bits per heavy atom. The molecule has 0 N–H and O–H groups in total. The molecule has 0 saturated carbocycles. The van der Waals surface area contributed by atoms with Gasteiger partial charge in [-0.1, -0.05) is 41.9 Å². The molecule has 1 fully saturated rings. The van der Waals surface area contributed by atoms with E-state index in [2.05, 4.69) is 23.3 Å². The number of benzene rings is 1. The Balaban J connectivity index is 2.07. The van der Waals surface area contributed by atoms with E-state index < -0.39 is 0 Å². The zero-order valence-electron chi connectivity index (χ0n) is 8.48. The number of nitrogens with zero attached hydrogens (tertiary/aromatic N) is 1. The maximum atomic E-state index is 5.89. The standard InChI is InChI=1S/C13H9ClNO/c14-12-6-11(7-15-8-12)13(9-16-13)10-4-2-1-3-5-10/h1-7H,9H2. The summed E-state index contributed by atoms with van der Waals surface area (Å²) < 4.78 is 5.61. The molecule has 2 nitrogen and oxygen atoms in total. The molecular weight excluding hydrogens is 222 g/mol. The fraction of sp³-hybridized carbons (Fsp3) is 0.154. The SMILES string of the molecule is Clc1[c]ncc(C2(c3ccccc3)CO2)c1. The van der Waals surface area contributed by atoms with Crippen molar-refractivity contribution in [3.63, 3.8) is 0 Å². The summed E-state index contributed by atoms with van der Waals surface area (Å²) in [5.41, 5.74) is 1.79. The molecule has 3 rings (SSSR count). The molecule has 0 bridgehead atoms. The molecule has 79 valence electrons. The summed E-state index contributed by atoms with van der Waals surface area (Å²) in [5.74, 6) is 0. The third-order valence-corrected chi connectivity index (χ3v) is 2.99. The van der Waals surface area contributed by atoms with Gasteiger partial charge < -0.3 is 4.74 Å². The van der Waals surface area contributed by atoms with Crippen molar-refractivity contribution in [2.45, 2.75) is 5.60 Å². The van der Waals surface area contributed by atoms with E-state index in [-0.39, 0.29) is 5.60 Å². The zero-order chi connectivity index (χ0) is 11.0. The zero-order valence-corrected chi connectivity index (χ0v) is 9.24. The van der Waals surface area contributed by atoms with Gasteiger partial charge in [-0.05, 0) is 11.6 Å². The van der Waals surface area contributed by atoms with Crippen LogP contribution in [-0.4, -0.2) is 11.6 Å². The van der Waals surface area contributed by atoms with Gasteiger partial charge in [0.05, 0.1) is 11.6 Å². The minimum Gasteiger partial charge on any atom is -0.359 e. The Kier molecular flexibility index (Phi) is 2.20. The lowest BCUT2D eigenvalue weighted by molar-refractivity contribution is 0.348. The van der Waals surface area contributed by atoms with Crippen LogP contribution in [0.5, 0.6) is 0 Å². The lowest BCUT2D eigenvalue weighted by atomic mass is 9.93. The van der Waals surface area contributed by atoms with Gasteiger partial charge in [-0.25, -0.2) is 0 Å². The van der Waals surface area contributed by atoms with Crippen molar-refractivity contribution in [1.29, 1.82) is 0 Å². The number of halogens is 1. The van der Waals surface area contributed by atoms with Gasteiger partial charge in [-0.3, -0.25) is 4.98 Å². The first kappa shape index (κ1) is 9.82. The predicted molar refractivity (Wildman–Crippen MR) is 61.3 cm³/mol. The third kappa shape index (κ3) is 1.51. The number of aromatic nitrogens is 1. The van der Waals surface area contributed by atoms with Gasteiger partial charge in [0.2, 0.25) is 0 Å². The lowest BCUT2D eigenvalue weighted by Gasteiger charge is -2.12. The number of pyridine rings is 1. The summed E-state index contributed by atoms with van der Waals surface area (Å²) in [5, 5.41) is 0.517. The van der Waals surface area contributed by atoms with E-state index in [1.165, 1.54) is 0 Å². The van der Waals surface area contributed by atoms with Crippen LogP contribution in [0.1, 0.15) is 11.1 Å². The highest BCUT2D eigenvalue weighted by atomic mass is 35.5. The fourth-order valence-corrected chi connectivity index (χ4v) is 2.04. The second kappa shape index (κ2) is 3.58. The molecule has 2 aromatic rings. The van der Waals surface area contributed by atoms with Crippen LogP contribution >= 0.6 is 11.6 Å². The first-order valence-electron chi connectivity index (χ1n) is 5.04. The van der Waals surface area contributed by atoms with Gasteiger partial charge >= 0.3 is 0 Å². The Hall–Kier alpha value is -1.38. The highest BCUT2D eigenvalue weighted by Crippen LogP contribution is 2.44. The molecule has 16 heavy (non-hydrogen) atoms. The summed E-state index contributed by atoms with van der Waals surface area (Å²) in [6.45, 7) is 0.680. The molecule has 1 aliphatic heterocycles. The van der Waals surface area contributed by atoms with Crippen LogP contribution in [0.4, 0.5) is 0 Å². The maximum Gasteiger partial charge on any atom is 0.143 e. The number of ether oxygens (including phenoxy) is 1. The van der Waals surface area contributed by atoms with Crippen LogP contribution < -0.4 is 0 Å². The highest BCUT2D eigenvalue weighted by molar-refractivity contribution is 6.30. The van der Waals surface area contributed by atoms with Crippen molar-refractivity contribution < 1.29 is 4.74 Å². The van der Waals surface area contributed by atoms with Crippen LogP contribution in [0, 0.1) is 6.20 Å². The highest BCUT2D eigenvalue weighted by Gasteiger charge is 2.48. The molecule has 1 aromatic heterocycles. The average Bonchev–Trinajstić information content (AvgIpc) is 3.11. The molecular formula is C13H9ClNO. The lowest BCUT2D eigenvalue weighted by Crippen LogP contribution is -2.10. The quantitative estimate of drug-likeness (QED) is 0.742.